The fourth-order valence-corrected chi connectivity index (χ4v) is 10.5. The molecule has 0 N–H and O–H groups in total. The van der Waals surface area contributed by atoms with Crippen LogP contribution in [0, 0.1) is 47.3 Å². The van der Waals surface area contributed by atoms with Gasteiger partial charge in [0, 0.05) is 36.5 Å². The molecule has 2 aliphatic carbocycles. The fourth-order valence-electron chi connectivity index (χ4n) is 10.5. The minimum Gasteiger partial charge on any atom is -0.344 e. The summed E-state index contributed by atoms with van der Waals surface area (Å²) in [4.78, 5) is 37.4. The van der Waals surface area contributed by atoms with Gasteiger partial charge in [0.1, 0.15) is 13.2 Å². The summed E-state index contributed by atoms with van der Waals surface area (Å²) in [5, 5.41) is 0. The number of fused-ring (bicyclic) bond motifs is 4. The molecule has 2 saturated carbocycles. The van der Waals surface area contributed by atoms with Crippen LogP contribution in [0.4, 0.5) is 0 Å². The lowest BCUT2D eigenvalue weighted by atomic mass is 9.58. The summed E-state index contributed by atoms with van der Waals surface area (Å²) in [5.74, 6) is -0.0998. The van der Waals surface area contributed by atoms with Crippen molar-refractivity contribution in [2.45, 2.75) is 141 Å². The minimum atomic E-state index is -0.854. The summed E-state index contributed by atoms with van der Waals surface area (Å²) >= 11 is 0. The van der Waals surface area contributed by atoms with Crippen LogP contribution in [-0.4, -0.2) is 66.9 Å². The Labute approximate surface area is 260 Å². The molecule has 11 heteroatoms. The molecule has 10 aliphatic rings. The van der Waals surface area contributed by atoms with Crippen LogP contribution in [0.3, 0.4) is 0 Å². The topological polar surface area (TPSA) is 109 Å². The second-order valence-electron chi connectivity index (χ2n) is 15.7. The number of carbonyl (C=O) groups is 1. The number of hydrogen-bond donors (Lipinski definition) is 0. The van der Waals surface area contributed by atoms with E-state index in [-0.39, 0.29) is 54.5 Å². The van der Waals surface area contributed by atoms with Crippen LogP contribution >= 0.6 is 0 Å². The lowest BCUT2D eigenvalue weighted by Crippen LogP contribution is -2.70. The third kappa shape index (κ3) is 4.40. The Morgan fingerprint density at radius 1 is 0.614 bits per heavy atom. The quantitative estimate of drug-likeness (QED) is 0.373. The molecule has 0 aromatic carbocycles. The third-order valence-electron chi connectivity index (χ3n) is 13.0. The second-order valence-corrected chi connectivity index (χ2v) is 15.7. The lowest BCUT2D eigenvalue weighted by Gasteiger charge is -2.60. The van der Waals surface area contributed by atoms with Gasteiger partial charge in [-0.15, -0.1) is 0 Å². The summed E-state index contributed by atoms with van der Waals surface area (Å²) in [6, 6.07) is 0. The molecule has 0 unspecified atom stereocenters. The van der Waals surface area contributed by atoms with Crippen molar-refractivity contribution in [1.29, 1.82) is 0 Å². The Morgan fingerprint density at radius 2 is 1.05 bits per heavy atom. The van der Waals surface area contributed by atoms with Crippen molar-refractivity contribution in [2.24, 2.45) is 47.3 Å². The van der Waals surface area contributed by atoms with Gasteiger partial charge in [0.05, 0.1) is 0 Å². The van der Waals surface area contributed by atoms with Gasteiger partial charge >= 0.3 is 0 Å². The Hall–Kier alpha value is -0.730. The normalized spacial score (nSPS) is 57.6. The average molecular weight is 623 g/mol. The first-order chi connectivity index (χ1) is 21.0. The molecule has 11 nitrogen and oxygen atoms in total. The van der Waals surface area contributed by atoms with Crippen LogP contribution in [0.5, 0.6) is 0 Å². The Balaban J connectivity index is 0.917. The van der Waals surface area contributed by atoms with Crippen LogP contribution in [0.25, 0.3) is 0 Å². The van der Waals surface area contributed by atoms with Crippen molar-refractivity contribution in [1.82, 2.24) is 0 Å². The van der Waals surface area contributed by atoms with Crippen LogP contribution in [-0.2, 0) is 52.8 Å². The number of rotatable bonds is 6. The van der Waals surface area contributed by atoms with Gasteiger partial charge in [-0.2, -0.15) is 0 Å². The highest BCUT2D eigenvalue weighted by Gasteiger charge is 2.71. The molecule has 0 aromatic rings. The molecule has 0 amide bonds. The van der Waals surface area contributed by atoms with Crippen LogP contribution in [0.2, 0.25) is 0 Å². The van der Waals surface area contributed by atoms with E-state index in [1.54, 1.807) is 0 Å². The van der Waals surface area contributed by atoms with E-state index in [1.807, 2.05) is 13.8 Å². The van der Waals surface area contributed by atoms with Gasteiger partial charge in [0.2, 0.25) is 11.6 Å². The number of hydrogen-bond acceptors (Lipinski definition) is 11. The number of carbonyl (C=O) groups excluding carboxylic acids is 1. The maximum absolute atomic E-state index is 13.2. The first-order valence-corrected chi connectivity index (χ1v) is 17.1. The van der Waals surface area contributed by atoms with E-state index in [1.165, 1.54) is 0 Å². The van der Waals surface area contributed by atoms with E-state index in [0.29, 0.717) is 11.8 Å². The standard InChI is InChI=1S/C33H50O11/c1-17-7-9-24-19(3)26(37-28-32(24)22(17)11-13-30(5,39-28)41-43-32)35-15-21(34)16-36-27-20(4)25-10-8-18(2)23-12-14-31(6)40-29(38-27)33(23,25)44-42-31/h17-20,22-29H,7-16H2,1-6H3/t17-,18-,19-,20-,22+,23+,24+,25+,26+,27+,28-,29-,30+,31+,32-,33-/m1/s1. The lowest BCUT2D eigenvalue weighted by molar-refractivity contribution is -0.577. The van der Waals surface area contributed by atoms with Gasteiger partial charge in [0.15, 0.2) is 42.1 Å². The molecule has 44 heavy (non-hydrogen) atoms. The molecule has 8 aliphatic heterocycles. The highest BCUT2D eigenvalue weighted by atomic mass is 17.3. The van der Waals surface area contributed by atoms with Crippen molar-refractivity contribution in [3.63, 3.8) is 0 Å². The molecular formula is C33H50O11. The summed E-state index contributed by atoms with van der Waals surface area (Å²) in [5.41, 5.74) is -1.32. The molecular weight excluding hydrogens is 572 g/mol. The molecule has 248 valence electrons. The number of ether oxygens (including phenoxy) is 6. The van der Waals surface area contributed by atoms with Crippen molar-refractivity contribution in [3.8, 4) is 0 Å². The minimum absolute atomic E-state index is 0.00413. The molecule has 8 saturated heterocycles. The Bertz CT molecular complexity index is 1050. The maximum Gasteiger partial charge on any atom is 0.201 e. The molecule has 16 atom stereocenters. The fraction of sp³-hybridized carbons (Fsp3) is 0.970. The van der Waals surface area contributed by atoms with Crippen LogP contribution in [0.15, 0.2) is 0 Å². The average Bonchev–Trinajstić information content (AvgIpc) is 3.37. The summed E-state index contributed by atoms with van der Waals surface area (Å²) in [6.45, 7) is 12.4. The van der Waals surface area contributed by atoms with E-state index < -0.39 is 47.9 Å². The molecule has 10 fully saturated rings. The molecule has 0 aromatic heterocycles. The van der Waals surface area contributed by atoms with Crippen molar-refractivity contribution < 1.29 is 52.8 Å². The third-order valence-corrected chi connectivity index (χ3v) is 13.0. The smallest absolute Gasteiger partial charge is 0.201 e. The summed E-state index contributed by atoms with van der Waals surface area (Å²) in [6.07, 6.45) is 5.17. The van der Waals surface area contributed by atoms with Gasteiger partial charge in [-0.25, -0.2) is 19.6 Å². The second kappa shape index (κ2) is 10.6. The predicted octanol–water partition coefficient (Wildman–Crippen LogP) is 5.00. The SMILES string of the molecule is C[C@H]1[C@@H](OCC(=O)CO[C@H]2O[C@@H]3O[C@]4(C)CC[C@H]5[C@H](C)CC[C@@H]([C@H]2C)[C@@]35OO4)O[C@@H]2O[C@]3(C)CC[C@H]4[C@H](C)CC[C@@H]1[C@@]24OO3. The Morgan fingerprint density at radius 3 is 1.48 bits per heavy atom. The summed E-state index contributed by atoms with van der Waals surface area (Å²) < 4.78 is 38.1. The summed E-state index contributed by atoms with van der Waals surface area (Å²) in [7, 11) is 0. The molecule has 4 bridgehead atoms. The van der Waals surface area contributed by atoms with Gasteiger partial charge in [-0.3, -0.25) is 4.79 Å². The zero-order valence-electron chi connectivity index (χ0n) is 27.0. The zero-order chi connectivity index (χ0) is 30.6. The molecule has 8 heterocycles. The first kappa shape index (κ1) is 30.6. The first-order valence-electron chi connectivity index (χ1n) is 17.1. The maximum atomic E-state index is 13.2. The monoisotopic (exact) mass is 622 g/mol. The van der Waals surface area contributed by atoms with Crippen LogP contribution < -0.4 is 0 Å². The van der Waals surface area contributed by atoms with Crippen LogP contribution in [0.1, 0.15) is 92.9 Å². The largest absolute Gasteiger partial charge is 0.344 e. The highest BCUT2D eigenvalue weighted by molar-refractivity contribution is 5.80. The predicted molar refractivity (Wildman–Crippen MR) is 151 cm³/mol. The van der Waals surface area contributed by atoms with Crippen molar-refractivity contribution in [2.75, 3.05) is 13.2 Å². The highest BCUT2D eigenvalue weighted by Crippen LogP contribution is 2.62. The van der Waals surface area contributed by atoms with Gasteiger partial charge in [-0.05, 0) is 76.0 Å². The molecule has 0 radical (unpaired) electrons. The van der Waals surface area contributed by atoms with E-state index in [0.717, 1.165) is 51.4 Å². The Kier molecular flexibility index (Phi) is 7.40. The van der Waals surface area contributed by atoms with Crippen molar-refractivity contribution in [3.05, 3.63) is 0 Å². The van der Waals surface area contributed by atoms with E-state index in [4.69, 9.17) is 48.0 Å². The van der Waals surface area contributed by atoms with Crippen molar-refractivity contribution >= 4 is 5.78 Å². The van der Waals surface area contributed by atoms with Gasteiger partial charge < -0.3 is 28.4 Å². The zero-order valence-corrected chi connectivity index (χ0v) is 27.0. The molecule has 10 rings (SSSR count). The van der Waals surface area contributed by atoms with E-state index >= 15 is 0 Å². The number of ketones is 1. The van der Waals surface area contributed by atoms with E-state index in [2.05, 4.69) is 27.7 Å². The molecule has 2 spiro atoms. The number of Topliss-reactive ketones (excluding diaryl/α,β-unsaturated/α-hetero) is 1. The van der Waals surface area contributed by atoms with Gasteiger partial charge in [-0.1, -0.05) is 27.7 Å². The van der Waals surface area contributed by atoms with Gasteiger partial charge in [0.25, 0.3) is 0 Å². The van der Waals surface area contributed by atoms with E-state index in [9.17, 15) is 4.79 Å².